The second-order valence-corrected chi connectivity index (χ2v) is 6.63. The summed E-state index contributed by atoms with van der Waals surface area (Å²) in [4.78, 5) is 10.6. The fourth-order valence-electron chi connectivity index (χ4n) is 2.74. The highest BCUT2D eigenvalue weighted by Gasteiger charge is 2.20. The minimum atomic E-state index is -1.17. The van der Waals surface area contributed by atoms with Crippen LogP contribution in [0.5, 0.6) is 0 Å². The van der Waals surface area contributed by atoms with Gasteiger partial charge in [-0.25, -0.2) is 0 Å². The van der Waals surface area contributed by atoms with Crippen molar-refractivity contribution in [3.8, 4) is 0 Å². The first kappa shape index (κ1) is 22.4. The van der Waals surface area contributed by atoms with Crippen LogP contribution in [0.2, 0.25) is 0 Å². The van der Waals surface area contributed by atoms with Crippen LogP contribution >= 0.6 is 0 Å². The Balaban J connectivity index is 3.34. The molecule has 0 saturated carbocycles. The van der Waals surface area contributed by atoms with Crippen LogP contribution in [0.25, 0.3) is 0 Å². The quantitative estimate of drug-likeness (QED) is 0.325. The van der Waals surface area contributed by atoms with Gasteiger partial charge < -0.3 is 21.1 Å². The van der Waals surface area contributed by atoms with Gasteiger partial charge >= 0.3 is 5.97 Å². The first-order valence-electron chi connectivity index (χ1n) is 9.33. The lowest BCUT2D eigenvalue weighted by molar-refractivity contribution is -0.141. The van der Waals surface area contributed by atoms with Crippen LogP contribution in [0, 0.1) is 0 Å². The minimum Gasteiger partial charge on any atom is -0.480 e. The monoisotopic (exact) mass is 331 g/mol. The van der Waals surface area contributed by atoms with Crippen molar-refractivity contribution in [3.63, 3.8) is 0 Å². The first-order valence-corrected chi connectivity index (χ1v) is 9.33. The maximum absolute atomic E-state index is 10.6. The molecule has 3 atom stereocenters. The standard InChI is InChI=1S/C18H37NO4/c1-2-3-4-9-12-15(20)13-10-7-5-6-8-11-14-16(21)17(19)18(22)23/h15-17,20-21H,2-14,19H2,1H3,(H,22,23). The Bertz CT molecular complexity index is 286. The first-order chi connectivity index (χ1) is 11.0. The van der Waals surface area contributed by atoms with E-state index in [1.165, 1.54) is 19.3 Å². The third-order valence-electron chi connectivity index (χ3n) is 4.38. The summed E-state index contributed by atoms with van der Waals surface area (Å²) in [5.74, 6) is -1.15. The van der Waals surface area contributed by atoms with E-state index < -0.39 is 18.1 Å². The van der Waals surface area contributed by atoms with Gasteiger partial charge in [-0.2, -0.15) is 0 Å². The molecule has 0 heterocycles. The molecule has 0 bridgehead atoms. The number of hydrogen-bond acceptors (Lipinski definition) is 4. The van der Waals surface area contributed by atoms with Crippen LogP contribution in [-0.2, 0) is 4.79 Å². The molecule has 0 aliphatic heterocycles. The van der Waals surface area contributed by atoms with Crippen molar-refractivity contribution in [2.45, 2.75) is 109 Å². The van der Waals surface area contributed by atoms with Crippen LogP contribution in [-0.4, -0.2) is 39.5 Å². The third-order valence-corrected chi connectivity index (χ3v) is 4.38. The van der Waals surface area contributed by atoms with Gasteiger partial charge in [0.2, 0.25) is 0 Å². The topological polar surface area (TPSA) is 104 Å². The van der Waals surface area contributed by atoms with Crippen LogP contribution in [0.4, 0.5) is 0 Å². The lowest BCUT2D eigenvalue weighted by Crippen LogP contribution is -2.41. The molecule has 0 aromatic rings. The molecule has 5 heteroatoms. The van der Waals surface area contributed by atoms with E-state index in [0.717, 1.165) is 57.8 Å². The summed E-state index contributed by atoms with van der Waals surface area (Å²) in [6.45, 7) is 2.19. The summed E-state index contributed by atoms with van der Waals surface area (Å²) < 4.78 is 0. The van der Waals surface area contributed by atoms with Gasteiger partial charge in [0.15, 0.2) is 0 Å². The summed E-state index contributed by atoms with van der Waals surface area (Å²) >= 11 is 0. The summed E-state index contributed by atoms with van der Waals surface area (Å²) in [5, 5.41) is 28.1. The smallest absolute Gasteiger partial charge is 0.323 e. The van der Waals surface area contributed by atoms with Gasteiger partial charge in [-0.1, -0.05) is 71.1 Å². The number of carboxylic acid groups (broad SMARTS) is 1. The lowest BCUT2D eigenvalue weighted by atomic mass is 10.0. The van der Waals surface area contributed by atoms with Crippen LogP contribution in [0.15, 0.2) is 0 Å². The average Bonchev–Trinajstić information content (AvgIpc) is 2.52. The Labute approximate surface area is 141 Å². The van der Waals surface area contributed by atoms with Crippen molar-refractivity contribution >= 4 is 5.97 Å². The molecule has 0 radical (unpaired) electrons. The fraction of sp³-hybridized carbons (Fsp3) is 0.944. The van der Waals surface area contributed by atoms with Gasteiger partial charge in [0, 0.05) is 0 Å². The predicted molar refractivity (Wildman–Crippen MR) is 93.3 cm³/mol. The summed E-state index contributed by atoms with van der Waals surface area (Å²) in [7, 11) is 0. The van der Waals surface area contributed by atoms with Crippen molar-refractivity contribution < 1.29 is 20.1 Å². The minimum absolute atomic E-state index is 0.139. The summed E-state index contributed by atoms with van der Waals surface area (Å²) in [5.41, 5.74) is 5.35. The molecule has 0 aromatic heterocycles. The Morgan fingerprint density at radius 3 is 1.74 bits per heavy atom. The lowest BCUT2D eigenvalue weighted by Gasteiger charge is -2.14. The Hall–Kier alpha value is -0.650. The molecule has 0 aliphatic rings. The number of unbranched alkanes of at least 4 members (excludes halogenated alkanes) is 8. The highest BCUT2D eigenvalue weighted by atomic mass is 16.4. The maximum atomic E-state index is 10.6. The molecule has 0 fully saturated rings. The molecule has 0 amide bonds. The number of aliphatic carboxylic acids is 1. The number of carbonyl (C=O) groups is 1. The zero-order chi connectivity index (χ0) is 17.5. The molecule has 5 nitrogen and oxygen atoms in total. The number of aliphatic hydroxyl groups excluding tert-OH is 2. The molecular formula is C18H37NO4. The van der Waals surface area contributed by atoms with E-state index in [4.69, 9.17) is 10.8 Å². The second kappa shape index (κ2) is 14.9. The van der Waals surface area contributed by atoms with Gasteiger partial charge in [0.1, 0.15) is 6.04 Å². The summed E-state index contributed by atoms with van der Waals surface area (Å²) in [6, 6.07) is -1.17. The van der Waals surface area contributed by atoms with Crippen LogP contribution in [0.1, 0.15) is 90.4 Å². The van der Waals surface area contributed by atoms with E-state index in [-0.39, 0.29) is 6.10 Å². The number of aliphatic hydroxyl groups is 2. The molecule has 0 aromatic carbocycles. The van der Waals surface area contributed by atoms with Crippen molar-refractivity contribution in [3.05, 3.63) is 0 Å². The van der Waals surface area contributed by atoms with Gasteiger partial charge in [-0.15, -0.1) is 0 Å². The van der Waals surface area contributed by atoms with E-state index in [0.29, 0.717) is 6.42 Å². The highest BCUT2D eigenvalue weighted by Crippen LogP contribution is 2.14. The van der Waals surface area contributed by atoms with Gasteiger partial charge in [-0.05, 0) is 19.3 Å². The molecular weight excluding hydrogens is 294 g/mol. The van der Waals surface area contributed by atoms with Crippen molar-refractivity contribution in [1.29, 1.82) is 0 Å². The third kappa shape index (κ3) is 13.5. The number of rotatable bonds is 16. The van der Waals surface area contributed by atoms with Gasteiger partial charge in [-0.3, -0.25) is 4.79 Å². The van der Waals surface area contributed by atoms with E-state index in [9.17, 15) is 15.0 Å². The molecule has 23 heavy (non-hydrogen) atoms. The number of carboxylic acids is 1. The van der Waals surface area contributed by atoms with Gasteiger partial charge in [0.05, 0.1) is 12.2 Å². The van der Waals surface area contributed by atoms with Crippen molar-refractivity contribution in [2.75, 3.05) is 0 Å². The molecule has 0 saturated heterocycles. The highest BCUT2D eigenvalue weighted by molar-refractivity contribution is 5.73. The van der Waals surface area contributed by atoms with E-state index >= 15 is 0 Å². The molecule has 0 aliphatic carbocycles. The maximum Gasteiger partial charge on any atom is 0.323 e. The largest absolute Gasteiger partial charge is 0.480 e. The molecule has 3 unspecified atom stereocenters. The Morgan fingerprint density at radius 1 is 0.826 bits per heavy atom. The number of hydrogen-bond donors (Lipinski definition) is 4. The van der Waals surface area contributed by atoms with E-state index in [1.807, 2.05) is 0 Å². The van der Waals surface area contributed by atoms with E-state index in [1.54, 1.807) is 0 Å². The normalized spacial score (nSPS) is 15.3. The SMILES string of the molecule is CCCCCCC(O)CCCCCCCCC(O)C(N)C(=O)O. The van der Waals surface area contributed by atoms with Crippen molar-refractivity contribution in [2.24, 2.45) is 5.73 Å². The zero-order valence-corrected chi connectivity index (χ0v) is 14.8. The predicted octanol–water partition coefficient (Wildman–Crippen LogP) is 3.21. The number of nitrogens with two attached hydrogens (primary N) is 1. The van der Waals surface area contributed by atoms with Crippen molar-refractivity contribution in [1.82, 2.24) is 0 Å². The van der Waals surface area contributed by atoms with Crippen LogP contribution in [0.3, 0.4) is 0 Å². The molecule has 5 N–H and O–H groups in total. The zero-order valence-electron chi connectivity index (χ0n) is 14.8. The van der Waals surface area contributed by atoms with E-state index in [2.05, 4.69) is 6.92 Å². The molecule has 0 spiro atoms. The summed E-state index contributed by atoms with van der Waals surface area (Å²) in [6.07, 6.45) is 12.3. The fourth-order valence-corrected chi connectivity index (χ4v) is 2.74. The van der Waals surface area contributed by atoms with Gasteiger partial charge in [0.25, 0.3) is 0 Å². The molecule has 138 valence electrons. The molecule has 0 rings (SSSR count). The Kier molecular flexibility index (Phi) is 14.5. The second-order valence-electron chi connectivity index (χ2n) is 6.63. The average molecular weight is 331 g/mol. The van der Waals surface area contributed by atoms with Crippen LogP contribution < -0.4 is 5.73 Å². The Morgan fingerprint density at radius 2 is 1.26 bits per heavy atom.